The first-order chi connectivity index (χ1) is 13.1. The van der Waals surface area contributed by atoms with E-state index in [0.717, 1.165) is 36.6 Å². The summed E-state index contributed by atoms with van der Waals surface area (Å²) in [6.45, 7) is 10.3. The summed E-state index contributed by atoms with van der Waals surface area (Å²) in [5.41, 5.74) is 4.46. The van der Waals surface area contributed by atoms with Crippen molar-refractivity contribution in [2.75, 3.05) is 19.6 Å². The van der Waals surface area contributed by atoms with Crippen LogP contribution in [-0.2, 0) is 13.1 Å². The molecule has 0 spiro atoms. The zero-order valence-electron chi connectivity index (χ0n) is 16.7. The number of rotatable bonds is 7. The minimum Gasteiger partial charge on any atom is -0.336 e. The monoisotopic (exact) mass is 369 g/mol. The second kappa shape index (κ2) is 9.04. The van der Waals surface area contributed by atoms with E-state index in [1.54, 1.807) is 0 Å². The molecule has 2 aromatic rings. The molecule has 1 fully saturated rings. The van der Waals surface area contributed by atoms with Crippen molar-refractivity contribution >= 4 is 6.03 Å². The number of nitrogens with one attached hydrogen (secondary N) is 2. The molecule has 1 atom stereocenters. The lowest BCUT2D eigenvalue weighted by Crippen LogP contribution is -2.41. The van der Waals surface area contributed by atoms with Crippen LogP contribution in [0, 0.1) is 13.8 Å². The first-order valence-electron chi connectivity index (χ1n) is 9.93. The molecule has 0 radical (unpaired) electrons. The molecular formula is C21H31N5O. The standard InChI is InChI=1S/C21H31N5O/c1-4-26-17(3)19(16(2)24-26)14-22-21(27)23-15-20(25-12-8-9-13-25)18-10-6-5-7-11-18/h5-7,10-11,20H,4,8-9,12-15H2,1-3H3,(H2,22,23,27)/t20-/m0/s1. The summed E-state index contributed by atoms with van der Waals surface area (Å²) in [5.74, 6) is 0. The molecule has 1 aromatic heterocycles. The van der Waals surface area contributed by atoms with Crippen LogP contribution in [-0.4, -0.2) is 40.3 Å². The van der Waals surface area contributed by atoms with Crippen LogP contribution in [0.25, 0.3) is 0 Å². The molecule has 1 saturated heterocycles. The largest absolute Gasteiger partial charge is 0.336 e. The first kappa shape index (κ1) is 19.4. The number of likely N-dealkylation sites (tertiary alicyclic amines) is 1. The van der Waals surface area contributed by atoms with Gasteiger partial charge in [-0.25, -0.2) is 4.79 Å². The Bertz CT molecular complexity index is 749. The maximum Gasteiger partial charge on any atom is 0.315 e. The minimum atomic E-state index is -0.127. The number of aryl methyl sites for hydroxylation is 2. The smallest absolute Gasteiger partial charge is 0.315 e. The lowest BCUT2D eigenvalue weighted by Gasteiger charge is -2.28. The SMILES string of the molecule is CCn1nc(C)c(CNC(=O)NC[C@@H](c2ccccc2)N2CCCC2)c1C. The van der Waals surface area contributed by atoms with Gasteiger partial charge < -0.3 is 10.6 Å². The van der Waals surface area contributed by atoms with Crippen LogP contribution in [0.15, 0.2) is 30.3 Å². The Hall–Kier alpha value is -2.34. The summed E-state index contributed by atoms with van der Waals surface area (Å²) in [6.07, 6.45) is 2.46. The molecule has 1 aliphatic heterocycles. The number of aromatic nitrogens is 2. The van der Waals surface area contributed by atoms with Gasteiger partial charge in [-0.2, -0.15) is 5.10 Å². The molecule has 0 bridgehead atoms. The van der Waals surface area contributed by atoms with Gasteiger partial charge in [0, 0.05) is 30.9 Å². The van der Waals surface area contributed by atoms with E-state index in [1.807, 2.05) is 17.7 Å². The summed E-state index contributed by atoms with van der Waals surface area (Å²) in [6, 6.07) is 10.6. The van der Waals surface area contributed by atoms with Crippen LogP contribution < -0.4 is 10.6 Å². The third kappa shape index (κ3) is 4.69. The van der Waals surface area contributed by atoms with Gasteiger partial charge >= 0.3 is 6.03 Å². The Balaban J connectivity index is 1.57. The summed E-state index contributed by atoms with van der Waals surface area (Å²) in [5, 5.41) is 10.6. The first-order valence-corrected chi connectivity index (χ1v) is 9.93. The van der Waals surface area contributed by atoms with Crippen LogP contribution in [0.3, 0.4) is 0 Å². The van der Waals surface area contributed by atoms with Crippen LogP contribution >= 0.6 is 0 Å². The molecule has 2 N–H and O–H groups in total. The maximum atomic E-state index is 12.4. The average Bonchev–Trinajstić information content (AvgIpc) is 3.30. The number of hydrogen-bond acceptors (Lipinski definition) is 3. The molecule has 3 rings (SSSR count). The molecule has 0 unspecified atom stereocenters. The van der Waals surface area contributed by atoms with Crippen molar-refractivity contribution in [1.29, 1.82) is 0 Å². The second-order valence-electron chi connectivity index (χ2n) is 7.20. The third-order valence-corrected chi connectivity index (χ3v) is 5.48. The van der Waals surface area contributed by atoms with E-state index in [9.17, 15) is 4.79 Å². The fourth-order valence-electron chi connectivity index (χ4n) is 3.90. The lowest BCUT2D eigenvalue weighted by molar-refractivity contribution is 0.220. The summed E-state index contributed by atoms with van der Waals surface area (Å²) in [7, 11) is 0. The number of nitrogens with zero attached hydrogens (tertiary/aromatic N) is 3. The van der Waals surface area contributed by atoms with Crippen LogP contribution in [0.1, 0.15) is 48.3 Å². The highest BCUT2D eigenvalue weighted by Crippen LogP contribution is 2.24. The van der Waals surface area contributed by atoms with Crippen LogP contribution in [0.5, 0.6) is 0 Å². The van der Waals surface area contributed by atoms with Gasteiger partial charge in [0.2, 0.25) is 0 Å². The molecule has 1 aromatic carbocycles. The van der Waals surface area contributed by atoms with Gasteiger partial charge in [-0.1, -0.05) is 30.3 Å². The van der Waals surface area contributed by atoms with E-state index < -0.39 is 0 Å². The summed E-state index contributed by atoms with van der Waals surface area (Å²) in [4.78, 5) is 14.9. The molecular weight excluding hydrogens is 338 g/mol. The number of carbonyl (C=O) groups excluding carboxylic acids is 1. The van der Waals surface area contributed by atoms with Gasteiger partial charge in [0.05, 0.1) is 11.7 Å². The number of amides is 2. The second-order valence-corrected chi connectivity index (χ2v) is 7.20. The van der Waals surface area contributed by atoms with Crippen molar-refractivity contribution in [3.8, 4) is 0 Å². The van der Waals surface area contributed by atoms with Gasteiger partial charge in [0.1, 0.15) is 0 Å². The molecule has 6 nitrogen and oxygen atoms in total. The van der Waals surface area contributed by atoms with Crippen LogP contribution in [0.2, 0.25) is 0 Å². The molecule has 2 heterocycles. The molecule has 6 heteroatoms. The zero-order valence-corrected chi connectivity index (χ0v) is 16.7. The van der Waals surface area contributed by atoms with Crippen LogP contribution in [0.4, 0.5) is 4.79 Å². The Labute approximate surface area is 161 Å². The van der Waals surface area contributed by atoms with E-state index >= 15 is 0 Å². The lowest BCUT2D eigenvalue weighted by atomic mass is 10.1. The number of hydrogen-bond donors (Lipinski definition) is 2. The Morgan fingerprint density at radius 2 is 1.85 bits per heavy atom. The molecule has 0 saturated carbocycles. The Kier molecular flexibility index (Phi) is 6.50. The maximum absolute atomic E-state index is 12.4. The highest BCUT2D eigenvalue weighted by atomic mass is 16.2. The van der Waals surface area contributed by atoms with Crippen molar-refractivity contribution in [3.05, 3.63) is 52.8 Å². The van der Waals surface area contributed by atoms with E-state index in [-0.39, 0.29) is 12.1 Å². The van der Waals surface area contributed by atoms with Crippen molar-refractivity contribution in [1.82, 2.24) is 25.3 Å². The molecule has 27 heavy (non-hydrogen) atoms. The van der Waals surface area contributed by atoms with E-state index in [4.69, 9.17) is 0 Å². The third-order valence-electron chi connectivity index (χ3n) is 5.48. The van der Waals surface area contributed by atoms with E-state index in [1.165, 1.54) is 18.4 Å². The van der Waals surface area contributed by atoms with Crippen molar-refractivity contribution < 1.29 is 4.79 Å². The van der Waals surface area contributed by atoms with Gasteiger partial charge in [-0.15, -0.1) is 0 Å². The van der Waals surface area contributed by atoms with Crippen molar-refractivity contribution in [2.24, 2.45) is 0 Å². The number of carbonyl (C=O) groups is 1. The normalized spacial score (nSPS) is 15.7. The molecule has 0 aliphatic carbocycles. The van der Waals surface area contributed by atoms with Gasteiger partial charge in [-0.3, -0.25) is 9.58 Å². The fourth-order valence-corrected chi connectivity index (χ4v) is 3.90. The Morgan fingerprint density at radius 1 is 1.15 bits per heavy atom. The highest BCUT2D eigenvalue weighted by Gasteiger charge is 2.23. The van der Waals surface area contributed by atoms with Gasteiger partial charge in [0.25, 0.3) is 0 Å². The zero-order chi connectivity index (χ0) is 19.2. The molecule has 1 aliphatic rings. The van der Waals surface area contributed by atoms with Crippen molar-refractivity contribution in [2.45, 2.75) is 52.7 Å². The average molecular weight is 370 g/mol. The van der Waals surface area contributed by atoms with E-state index in [2.05, 4.69) is 58.7 Å². The van der Waals surface area contributed by atoms with E-state index in [0.29, 0.717) is 13.1 Å². The minimum absolute atomic E-state index is 0.127. The summed E-state index contributed by atoms with van der Waals surface area (Å²) < 4.78 is 1.98. The molecule has 146 valence electrons. The fraction of sp³-hybridized carbons (Fsp3) is 0.524. The number of urea groups is 1. The predicted molar refractivity (Wildman–Crippen MR) is 108 cm³/mol. The highest BCUT2D eigenvalue weighted by molar-refractivity contribution is 5.74. The van der Waals surface area contributed by atoms with Gasteiger partial charge in [0.15, 0.2) is 0 Å². The molecule has 2 amide bonds. The van der Waals surface area contributed by atoms with Gasteiger partial charge in [-0.05, 0) is 52.3 Å². The van der Waals surface area contributed by atoms with Crippen molar-refractivity contribution in [3.63, 3.8) is 0 Å². The topological polar surface area (TPSA) is 62.2 Å². The summed E-state index contributed by atoms with van der Waals surface area (Å²) >= 11 is 0. The predicted octanol–water partition coefficient (Wildman–Crippen LogP) is 3.16. The number of benzene rings is 1. The Morgan fingerprint density at radius 3 is 2.48 bits per heavy atom. The quantitative estimate of drug-likeness (QED) is 0.788.